The van der Waals surface area contributed by atoms with E-state index in [1.165, 1.54) is 0 Å². The van der Waals surface area contributed by atoms with Gasteiger partial charge in [0.05, 0.1) is 16.6 Å². The summed E-state index contributed by atoms with van der Waals surface area (Å²) in [6.45, 7) is 7.45. The van der Waals surface area contributed by atoms with Crippen LogP contribution >= 0.6 is 23.2 Å². The number of carbonyl (C=O) groups is 3. The summed E-state index contributed by atoms with van der Waals surface area (Å²) in [4.78, 5) is 41.3. The molecule has 2 heterocycles. The summed E-state index contributed by atoms with van der Waals surface area (Å²) in [5.74, 6) is -0.520. The van der Waals surface area contributed by atoms with Crippen LogP contribution in [-0.4, -0.2) is 52.7 Å². The van der Waals surface area contributed by atoms with Crippen LogP contribution in [0.15, 0.2) is 18.2 Å². The van der Waals surface area contributed by atoms with Crippen molar-refractivity contribution in [1.29, 1.82) is 0 Å². The van der Waals surface area contributed by atoms with Gasteiger partial charge in [-0.1, -0.05) is 23.2 Å². The first-order valence-corrected chi connectivity index (χ1v) is 10.7. The highest BCUT2D eigenvalue weighted by Gasteiger charge is 2.41. The smallest absolute Gasteiger partial charge is 0.227 e. The maximum Gasteiger partial charge on any atom is 0.227 e. The number of hydrogen-bond acceptors (Lipinski definition) is 3. The molecule has 158 valence electrons. The van der Waals surface area contributed by atoms with E-state index in [2.05, 4.69) is 5.32 Å². The largest absolute Gasteiger partial charge is 0.342 e. The number of rotatable bonds is 3. The molecule has 1 aromatic carbocycles. The van der Waals surface area contributed by atoms with Gasteiger partial charge in [-0.25, -0.2) is 0 Å². The van der Waals surface area contributed by atoms with Gasteiger partial charge in [0.25, 0.3) is 0 Å². The molecule has 1 N–H and O–H groups in total. The molecule has 6 nitrogen and oxygen atoms in total. The van der Waals surface area contributed by atoms with Crippen LogP contribution in [0.25, 0.3) is 0 Å². The topological polar surface area (TPSA) is 69.7 Å². The second-order valence-electron chi connectivity index (χ2n) is 8.79. The monoisotopic (exact) mass is 439 g/mol. The number of halogens is 2. The van der Waals surface area contributed by atoms with Gasteiger partial charge < -0.3 is 15.1 Å². The van der Waals surface area contributed by atoms with Crippen molar-refractivity contribution in [2.75, 3.05) is 25.0 Å². The Morgan fingerprint density at radius 3 is 2.31 bits per heavy atom. The Balaban J connectivity index is 1.53. The van der Waals surface area contributed by atoms with Gasteiger partial charge >= 0.3 is 0 Å². The standard InChI is InChI=1S/C21H27Cl2N3O3/c1-21(2,3)26-12-14(10-18(26)27)20(29)25-8-6-13(7-9-25)19(28)24-17-5-4-15(22)11-16(17)23/h4-5,11,13-14H,6-10,12H2,1-3H3,(H,24,28). The molecule has 0 bridgehead atoms. The Morgan fingerprint density at radius 1 is 1.10 bits per heavy atom. The average molecular weight is 440 g/mol. The predicted molar refractivity (Wildman–Crippen MR) is 114 cm³/mol. The van der Waals surface area contributed by atoms with Crippen LogP contribution < -0.4 is 5.32 Å². The molecule has 0 spiro atoms. The maximum atomic E-state index is 12.9. The minimum Gasteiger partial charge on any atom is -0.342 e. The first kappa shape index (κ1) is 21.9. The van der Waals surface area contributed by atoms with Gasteiger partial charge in [0.15, 0.2) is 0 Å². The highest BCUT2D eigenvalue weighted by atomic mass is 35.5. The summed E-state index contributed by atoms with van der Waals surface area (Å²) in [6.07, 6.45) is 1.45. The van der Waals surface area contributed by atoms with Crippen LogP contribution in [0.4, 0.5) is 5.69 Å². The molecule has 0 aliphatic carbocycles. The van der Waals surface area contributed by atoms with Crippen LogP contribution in [0, 0.1) is 11.8 Å². The number of benzene rings is 1. The van der Waals surface area contributed by atoms with E-state index in [9.17, 15) is 14.4 Å². The van der Waals surface area contributed by atoms with E-state index < -0.39 is 0 Å². The number of likely N-dealkylation sites (tertiary alicyclic amines) is 2. The van der Waals surface area contributed by atoms with Gasteiger partial charge in [0, 0.05) is 42.5 Å². The van der Waals surface area contributed by atoms with Crippen molar-refractivity contribution in [3.63, 3.8) is 0 Å². The zero-order chi connectivity index (χ0) is 21.3. The highest BCUT2D eigenvalue weighted by molar-refractivity contribution is 6.36. The zero-order valence-corrected chi connectivity index (χ0v) is 18.5. The third-order valence-electron chi connectivity index (χ3n) is 5.65. The average Bonchev–Trinajstić information content (AvgIpc) is 3.05. The van der Waals surface area contributed by atoms with Crippen molar-refractivity contribution in [1.82, 2.24) is 9.80 Å². The molecule has 1 atom stereocenters. The molecule has 29 heavy (non-hydrogen) atoms. The van der Waals surface area contributed by atoms with Crippen LogP contribution in [0.3, 0.4) is 0 Å². The molecule has 2 fully saturated rings. The van der Waals surface area contributed by atoms with E-state index in [0.29, 0.717) is 48.2 Å². The maximum absolute atomic E-state index is 12.9. The Kier molecular flexibility index (Phi) is 6.44. The first-order chi connectivity index (χ1) is 13.6. The summed E-state index contributed by atoms with van der Waals surface area (Å²) >= 11 is 12.0. The molecule has 1 aromatic rings. The molecular weight excluding hydrogens is 413 g/mol. The number of piperidine rings is 1. The third-order valence-corrected chi connectivity index (χ3v) is 6.20. The summed E-state index contributed by atoms with van der Waals surface area (Å²) in [7, 11) is 0. The van der Waals surface area contributed by atoms with Crippen molar-refractivity contribution < 1.29 is 14.4 Å². The fraction of sp³-hybridized carbons (Fsp3) is 0.571. The number of nitrogens with one attached hydrogen (secondary N) is 1. The number of anilines is 1. The quantitative estimate of drug-likeness (QED) is 0.777. The minimum absolute atomic E-state index is 0.0182. The van der Waals surface area contributed by atoms with Crippen LogP contribution in [0.2, 0.25) is 10.0 Å². The number of amides is 3. The molecule has 2 saturated heterocycles. The third kappa shape index (κ3) is 5.04. The Hall–Kier alpha value is -1.79. The lowest BCUT2D eigenvalue weighted by Gasteiger charge is -2.34. The predicted octanol–water partition coefficient (Wildman–Crippen LogP) is 3.82. The summed E-state index contributed by atoms with van der Waals surface area (Å²) in [5, 5.41) is 3.76. The summed E-state index contributed by atoms with van der Waals surface area (Å²) in [5.41, 5.74) is 0.256. The molecule has 2 aliphatic rings. The lowest BCUT2D eigenvalue weighted by atomic mass is 9.94. The van der Waals surface area contributed by atoms with Crippen LogP contribution in [0.5, 0.6) is 0 Å². The number of nitrogens with zero attached hydrogens (tertiary/aromatic N) is 2. The Morgan fingerprint density at radius 2 is 1.76 bits per heavy atom. The molecule has 8 heteroatoms. The van der Waals surface area contributed by atoms with Crippen LogP contribution in [-0.2, 0) is 14.4 Å². The minimum atomic E-state index is -0.292. The van der Waals surface area contributed by atoms with Crippen molar-refractivity contribution in [2.24, 2.45) is 11.8 Å². The Bertz CT molecular complexity index is 814. The van der Waals surface area contributed by atoms with E-state index in [1.807, 2.05) is 20.8 Å². The van der Waals surface area contributed by atoms with Gasteiger partial charge in [-0.05, 0) is 51.8 Å². The zero-order valence-electron chi connectivity index (χ0n) is 17.0. The fourth-order valence-corrected chi connectivity index (χ4v) is 4.42. The second-order valence-corrected chi connectivity index (χ2v) is 9.63. The van der Waals surface area contributed by atoms with E-state index in [4.69, 9.17) is 23.2 Å². The molecule has 0 saturated carbocycles. The van der Waals surface area contributed by atoms with Crippen LogP contribution in [0.1, 0.15) is 40.0 Å². The van der Waals surface area contributed by atoms with Gasteiger partial charge in [-0.15, -0.1) is 0 Å². The SMILES string of the molecule is CC(C)(C)N1CC(C(=O)N2CCC(C(=O)Nc3ccc(Cl)cc3Cl)CC2)CC1=O. The van der Waals surface area contributed by atoms with Gasteiger partial charge in [-0.3, -0.25) is 14.4 Å². The van der Waals surface area contributed by atoms with Crippen molar-refractivity contribution >= 4 is 46.6 Å². The molecular formula is C21H27Cl2N3O3. The first-order valence-electron chi connectivity index (χ1n) is 9.91. The van der Waals surface area contributed by atoms with Crippen molar-refractivity contribution in [3.05, 3.63) is 28.2 Å². The Labute approximate surface area is 181 Å². The van der Waals surface area contributed by atoms with Gasteiger partial charge in [0.2, 0.25) is 17.7 Å². The van der Waals surface area contributed by atoms with E-state index >= 15 is 0 Å². The molecule has 0 radical (unpaired) electrons. The van der Waals surface area contributed by atoms with Gasteiger partial charge in [-0.2, -0.15) is 0 Å². The molecule has 0 aromatic heterocycles. The van der Waals surface area contributed by atoms with Crippen molar-refractivity contribution in [2.45, 2.75) is 45.6 Å². The lowest BCUT2D eigenvalue weighted by Crippen LogP contribution is -2.46. The second kappa shape index (κ2) is 8.52. The van der Waals surface area contributed by atoms with Crippen molar-refractivity contribution in [3.8, 4) is 0 Å². The molecule has 3 rings (SSSR count). The number of carbonyl (C=O) groups excluding carboxylic acids is 3. The normalized spacial score (nSPS) is 20.9. The van der Waals surface area contributed by atoms with E-state index in [-0.39, 0.29) is 41.5 Å². The van der Waals surface area contributed by atoms with E-state index in [0.717, 1.165) is 0 Å². The summed E-state index contributed by atoms with van der Waals surface area (Å²) < 4.78 is 0. The molecule has 3 amide bonds. The van der Waals surface area contributed by atoms with E-state index in [1.54, 1.807) is 28.0 Å². The van der Waals surface area contributed by atoms with Gasteiger partial charge in [0.1, 0.15) is 0 Å². The lowest BCUT2D eigenvalue weighted by molar-refractivity contribution is -0.138. The highest BCUT2D eigenvalue weighted by Crippen LogP contribution is 2.30. The summed E-state index contributed by atoms with van der Waals surface area (Å²) in [6, 6.07) is 4.94. The molecule has 2 aliphatic heterocycles. The number of hydrogen-bond donors (Lipinski definition) is 1. The fourth-order valence-electron chi connectivity index (χ4n) is 3.97. The molecule has 1 unspecified atom stereocenters.